The van der Waals surface area contributed by atoms with Crippen molar-refractivity contribution in [2.75, 3.05) is 0 Å². The third-order valence-electron chi connectivity index (χ3n) is 3.90. The Bertz CT molecular complexity index is 988. The first-order chi connectivity index (χ1) is 12.8. The molecule has 0 spiro atoms. The molecule has 2 heterocycles. The summed E-state index contributed by atoms with van der Waals surface area (Å²) in [5.41, 5.74) is 0.179. The molecule has 0 unspecified atom stereocenters. The van der Waals surface area contributed by atoms with E-state index in [0.29, 0.717) is 16.5 Å². The molecule has 1 amide bonds. The topological polar surface area (TPSA) is 59.3 Å². The molecule has 5 nitrogen and oxygen atoms in total. The minimum atomic E-state index is -4.48. The summed E-state index contributed by atoms with van der Waals surface area (Å²) in [4.78, 5) is 12.0. The molecule has 2 aromatic heterocycles. The van der Waals surface area contributed by atoms with Crippen LogP contribution >= 0.6 is 23.2 Å². The Balaban J connectivity index is 1.64. The van der Waals surface area contributed by atoms with Gasteiger partial charge in [-0.05, 0) is 30.2 Å². The number of alkyl halides is 3. The van der Waals surface area contributed by atoms with E-state index in [-0.39, 0.29) is 30.3 Å². The molecule has 0 saturated heterocycles. The number of benzene rings is 1. The lowest BCUT2D eigenvalue weighted by molar-refractivity contribution is -0.137. The molecule has 0 saturated carbocycles. The van der Waals surface area contributed by atoms with E-state index >= 15 is 0 Å². The zero-order chi connectivity index (χ0) is 19.6. The summed E-state index contributed by atoms with van der Waals surface area (Å²) in [5.74, 6) is -0.0972. The lowest BCUT2D eigenvalue weighted by Gasteiger charge is -2.08. The number of fused-ring (bicyclic) bond motifs is 1. The Hall–Kier alpha value is -2.32. The number of aromatic nitrogens is 3. The van der Waals surface area contributed by atoms with E-state index in [0.717, 1.165) is 17.8 Å². The molecule has 0 aliphatic heterocycles. The average molecular weight is 417 g/mol. The van der Waals surface area contributed by atoms with Crippen LogP contribution < -0.4 is 5.32 Å². The van der Waals surface area contributed by atoms with Crippen LogP contribution in [0, 0.1) is 0 Å². The summed E-state index contributed by atoms with van der Waals surface area (Å²) in [5, 5.41) is 11.0. The van der Waals surface area contributed by atoms with Crippen LogP contribution in [-0.2, 0) is 23.9 Å². The van der Waals surface area contributed by atoms with Crippen molar-refractivity contribution in [1.29, 1.82) is 0 Å². The van der Waals surface area contributed by atoms with Crippen LogP contribution in [0.1, 0.15) is 23.4 Å². The second-order valence-corrected chi connectivity index (χ2v) is 6.53. The van der Waals surface area contributed by atoms with Crippen LogP contribution in [0.5, 0.6) is 0 Å². The maximum absolute atomic E-state index is 12.8. The molecule has 27 heavy (non-hydrogen) atoms. The molecule has 0 aliphatic rings. The van der Waals surface area contributed by atoms with Crippen LogP contribution in [-0.4, -0.2) is 20.5 Å². The van der Waals surface area contributed by atoms with Crippen molar-refractivity contribution in [2.45, 2.75) is 25.6 Å². The normalized spacial score (nSPS) is 11.7. The first-order valence-corrected chi connectivity index (χ1v) is 8.62. The van der Waals surface area contributed by atoms with Gasteiger partial charge in [0.05, 0.1) is 22.2 Å². The number of halogens is 5. The van der Waals surface area contributed by atoms with Crippen molar-refractivity contribution >= 4 is 34.8 Å². The van der Waals surface area contributed by atoms with Crippen molar-refractivity contribution in [2.24, 2.45) is 0 Å². The van der Waals surface area contributed by atoms with Gasteiger partial charge in [0.1, 0.15) is 0 Å². The minimum absolute atomic E-state index is 0.0510. The molecule has 3 rings (SSSR count). The smallest absolute Gasteiger partial charge is 0.349 e. The van der Waals surface area contributed by atoms with Gasteiger partial charge in [0.15, 0.2) is 11.5 Å². The second kappa shape index (κ2) is 7.74. The standard InChI is InChI=1S/C17H13Cl2F3N4O/c18-12-3-1-2-10(16(12)19)4-7-15(27)23-8-14-25-24-13-6-5-11(9-26(13)14)17(20,21)22/h1-3,5-6,9H,4,7-8H2,(H,23,27). The Kier molecular flexibility index (Phi) is 5.57. The van der Waals surface area contributed by atoms with Crippen molar-refractivity contribution in [3.63, 3.8) is 0 Å². The quantitative estimate of drug-likeness (QED) is 0.674. The fourth-order valence-electron chi connectivity index (χ4n) is 2.48. The van der Waals surface area contributed by atoms with Crippen LogP contribution in [0.25, 0.3) is 5.65 Å². The van der Waals surface area contributed by atoms with Crippen molar-refractivity contribution in [3.05, 3.63) is 63.5 Å². The summed E-state index contributed by atoms with van der Waals surface area (Å²) in [6, 6.07) is 7.32. The number of carbonyl (C=O) groups excluding carboxylic acids is 1. The fraction of sp³-hybridized carbons (Fsp3) is 0.235. The maximum Gasteiger partial charge on any atom is 0.417 e. The molecule has 10 heteroatoms. The van der Waals surface area contributed by atoms with E-state index < -0.39 is 11.7 Å². The van der Waals surface area contributed by atoms with Gasteiger partial charge in [0, 0.05) is 12.6 Å². The van der Waals surface area contributed by atoms with Gasteiger partial charge in [0.2, 0.25) is 5.91 Å². The van der Waals surface area contributed by atoms with E-state index in [1.807, 2.05) is 0 Å². The lowest BCUT2D eigenvalue weighted by Crippen LogP contribution is -2.24. The largest absolute Gasteiger partial charge is 0.417 e. The second-order valence-electron chi connectivity index (χ2n) is 5.75. The highest BCUT2D eigenvalue weighted by atomic mass is 35.5. The Morgan fingerprint density at radius 1 is 1.15 bits per heavy atom. The molecule has 0 radical (unpaired) electrons. The highest BCUT2D eigenvalue weighted by molar-refractivity contribution is 6.42. The summed E-state index contributed by atoms with van der Waals surface area (Å²) >= 11 is 12.0. The van der Waals surface area contributed by atoms with Crippen LogP contribution in [0.15, 0.2) is 36.5 Å². The summed E-state index contributed by atoms with van der Waals surface area (Å²) in [6.45, 7) is -0.0510. The van der Waals surface area contributed by atoms with Crippen LogP contribution in [0.4, 0.5) is 13.2 Å². The predicted molar refractivity (Wildman–Crippen MR) is 94.6 cm³/mol. The number of nitrogens with zero attached hydrogens (tertiary/aromatic N) is 3. The van der Waals surface area contributed by atoms with E-state index in [9.17, 15) is 18.0 Å². The Labute approximate surface area is 162 Å². The lowest BCUT2D eigenvalue weighted by atomic mass is 10.1. The summed E-state index contributed by atoms with van der Waals surface area (Å²) in [6.07, 6.45) is -3.05. The SMILES string of the molecule is O=C(CCc1cccc(Cl)c1Cl)NCc1nnc2ccc(C(F)(F)F)cn12. The monoisotopic (exact) mass is 416 g/mol. The van der Waals surface area contributed by atoms with Crippen molar-refractivity contribution in [1.82, 2.24) is 19.9 Å². The first kappa shape index (κ1) is 19.4. The Morgan fingerprint density at radius 3 is 2.67 bits per heavy atom. The summed E-state index contributed by atoms with van der Waals surface area (Å²) < 4.78 is 39.7. The number of aryl methyl sites for hydroxylation is 1. The van der Waals surface area contributed by atoms with Gasteiger partial charge in [-0.3, -0.25) is 9.20 Å². The summed E-state index contributed by atoms with van der Waals surface area (Å²) in [7, 11) is 0. The van der Waals surface area contributed by atoms with Gasteiger partial charge >= 0.3 is 6.18 Å². The van der Waals surface area contributed by atoms with Gasteiger partial charge in [-0.15, -0.1) is 10.2 Å². The molecular formula is C17H13Cl2F3N4O. The molecule has 0 fully saturated rings. The molecule has 3 aromatic rings. The molecule has 0 aliphatic carbocycles. The number of pyridine rings is 1. The van der Waals surface area contributed by atoms with Gasteiger partial charge in [-0.1, -0.05) is 35.3 Å². The van der Waals surface area contributed by atoms with Gasteiger partial charge in [-0.25, -0.2) is 0 Å². The zero-order valence-corrected chi connectivity index (χ0v) is 15.2. The van der Waals surface area contributed by atoms with Gasteiger partial charge in [0.25, 0.3) is 0 Å². The first-order valence-electron chi connectivity index (χ1n) is 7.86. The fourth-order valence-corrected chi connectivity index (χ4v) is 2.90. The predicted octanol–water partition coefficient (Wildman–Crippen LogP) is 4.30. The number of hydrogen-bond acceptors (Lipinski definition) is 3. The van der Waals surface area contributed by atoms with Gasteiger partial charge < -0.3 is 5.32 Å². The highest BCUT2D eigenvalue weighted by Crippen LogP contribution is 2.29. The molecule has 0 atom stereocenters. The molecule has 0 bridgehead atoms. The van der Waals surface area contributed by atoms with E-state index in [1.165, 1.54) is 10.5 Å². The number of hydrogen-bond donors (Lipinski definition) is 1. The molecule has 1 aromatic carbocycles. The highest BCUT2D eigenvalue weighted by Gasteiger charge is 2.31. The van der Waals surface area contributed by atoms with E-state index in [4.69, 9.17) is 23.2 Å². The van der Waals surface area contributed by atoms with Crippen molar-refractivity contribution in [3.8, 4) is 0 Å². The maximum atomic E-state index is 12.8. The number of nitrogens with one attached hydrogen (secondary N) is 1. The number of rotatable bonds is 5. The molecule has 1 N–H and O–H groups in total. The zero-order valence-electron chi connectivity index (χ0n) is 13.7. The molecular weight excluding hydrogens is 404 g/mol. The third kappa shape index (κ3) is 4.51. The van der Waals surface area contributed by atoms with E-state index in [2.05, 4.69) is 15.5 Å². The average Bonchev–Trinajstić information content (AvgIpc) is 3.03. The third-order valence-corrected chi connectivity index (χ3v) is 4.75. The molecule has 142 valence electrons. The van der Waals surface area contributed by atoms with Gasteiger partial charge in [-0.2, -0.15) is 13.2 Å². The number of amides is 1. The van der Waals surface area contributed by atoms with Crippen molar-refractivity contribution < 1.29 is 18.0 Å². The van der Waals surface area contributed by atoms with Crippen LogP contribution in [0.3, 0.4) is 0 Å². The Morgan fingerprint density at radius 2 is 1.93 bits per heavy atom. The number of carbonyl (C=O) groups is 1. The van der Waals surface area contributed by atoms with E-state index in [1.54, 1.807) is 18.2 Å². The minimum Gasteiger partial charge on any atom is -0.349 e. The van der Waals surface area contributed by atoms with Crippen LogP contribution in [0.2, 0.25) is 10.0 Å².